The Morgan fingerprint density at radius 3 is 2.52 bits per heavy atom. The van der Waals surface area contributed by atoms with E-state index in [1.165, 1.54) is 4.90 Å². The van der Waals surface area contributed by atoms with E-state index in [0.29, 0.717) is 11.3 Å². The molecule has 3 heterocycles. The minimum absolute atomic E-state index is 0.0406. The fourth-order valence-electron chi connectivity index (χ4n) is 4.54. The van der Waals surface area contributed by atoms with Gasteiger partial charge in [-0.15, -0.1) is 11.8 Å². The molecule has 0 spiro atoms. The van der Waals surface area contributed by atoms with Crippen LogP contribution in [0.3, 0.4) is 0 Å². The van der Waals surface area contributed by atoms with Crippen molar-refractivity contribution in [3.05, 3.63) is 29.3 Å². The van der Waals surface area contributed by atoms with Crippen molar-refractivity contribution in [2.45, 2.75) is 54.3 Å². The van der Waals surface area contributed by atoms with Crippen molar-refractivity contribution in [2.75, 3.05) is 13.1 Å². The van der Waals surface area contributed by atoms with E-state index in [2.05, 4.69) is 18.3 Å². The molecule has 0 aromatic heterocycles. The molecule has 3 aliphatic heterocycles. The van der Waals surface area contributed by atoms with Crippen molar-refractivity contribution < 1.29 is 4.79 Å². The molecule has 0 saturated carbocycles. The lowest BCUT2D eigenvalue weighted by Crippen LogP contribution is -2.45. The standard InChI is InChI=1S/C19H22ClN3OS/c20-13-1-4-15(5-2-13)25-16-7-9-22(10-8-16)19(24)17-11-14-3-6-18(17)23(14)12-21/h1-2,4-5,14,16-18H,3,6-11H2. The molecule has 0 aliphatic carbocycles. The summed E-state index contributed by atoms with van der Waals surface area (Å²) < 4.78 is 0. The SMILES string of the molecule is N#CN1C2CCC1C(C(=O)N1CCC(Sc3ccc(Cl)cc3)CC1)C2. The normalized spacial score (nSPS) is 29.0. The number of carbonyl (C=O) groups excluding carboxylic acids is 1. The summed E-state index contributed by atoms with van der Waals surface area (Å²) in [6.07, 6.45) is 7.30. The first-order valence-electron chi connectivity index (χ1n) is 9.05. The van der Waals surface area contributed by atoms with Crippen LogP contribution in [0.5, 0.6) is 0 Å². The van der Waals surface area contributed by atoms with Crippen LogP contribution in [0.1, 0.15) is 32.1 Å². The van der Waals surface area contributed by atoms with E-state index >= 15 is 0 Å². The number of nitriles is 1. The second kappa shape index (κ2) is 7.09. The Labute approximate surface area is 158 Å². The second-order valence-corrected chi connectivity index (χ2v) is 9.05. The van der Waals surface area contributed by atoms with Crippen LogP contribution in [0.15, 0.2) is 29.2 Å². The van der Waals surface area contributed by atoms with Crippen molar-refractivity contribution in [3.8, 4) is 6.19 Å². The molecule has 3 atom stereocenters. The summed E-state index contributed by atoms with van der Waals surface area (Å²) in [5.74, 6) is 0.321. The first-order valence-corrected chi connectivity index (χ1v) is 10.3. The van der Waals surface area contributed by atoms with E-state index in [0.717, 1.165) is 50.2 Å². The fraction of sp³-hybridized carbons (Fsp3) is 0.579. The number of carbonyl (C=O) groups is 1. The van der Waals surface area contributed by atoms with Gasteiger partial charge in [0.25, 0.3) is 0 Å². The summed E-state index contributed by atoms with van der Waals surface area (Å²) in [4.78, 5) is 18.1. The van der Waals surface area contributed by atoms with Crippen LogP contribution < -0.4 is 0 Å². The lowest BCUT2D eigenvalue weighted by Gasteiger charge is -2.34. The van der Waals surface area contributed by atoms with Gasteiger partial charge in [0.2, 0.25) is 5.91 Å². The predicted octanol–water partition coefficient (Wildman–Crippen LogP) is 3.76. The van der Waals surface area contributed by atoms with Crippen LogP contribution >= 0.6 is 23.4 Å². The maximum Gasteiger partial charge on any atom is 0.227 e. The third kappa shape index (κ3) is 3.35. The summed E-state index contributed by atoms with van der Waals surface area (Å²) in [6, 6.07) is 8.45. The van der Waals surface area contributed by atoms with Crippen molar-refractivity contribution in [3.63, 3.8) is 0 Å². The van der Waals surface area contributed by atoms with Gasteiger partial charge in [-0.3, -0.25) is 4.79 Å². The van der Waals surface area contributed by atoms with E-state index in [-0.39, 0.29) is 17.9 Å². The van der Waals surface area contributed by atoms with Crippen molar-refractivity contribution in [2.24, 2.45) is 5.92 Å². The molecule has 2 bridgehead atoms. The Kier molecular flexibility index (Phi) is 4.84. The van der Waals surface area contributed by atoms with Crippen LogP contribution in [0.25, 0.3) is 0 Å². The van der Waals surface area contributed by atoms with Gasteiger partial charge in [0.15, 0.2) is 6.19 Å². The minimum atomic E-state index is 0.0406. The van der Waals surface area contributed by atoms with Gasteiger partial charge < -0.3 is 9.80 Å². The summed E-state index contributed by atoms with van der Waals surface area (Å²) >= 11 is 7.83. The molecule has 3 fully saturated rings. The van der Waals surface area contributed by atoms with Crippen molar-refractivity contribution in [1.29, 1.82) is 5.26 Å². The number of hydrogen-bond acceptors (Lipinski definition) is 4. The first kappa shape index (κ1) is 17.1. The van der Waals surface area contributed by atoms with Crippen LogP contribution in [0, 0.1) is 17.4 Å². The number of thioether (sulfide) groups is 1. The largest absolute Gasteiger partial charge is 0.342 e. The van der Waals surface area contributed by atoms with Crippen LogP contribution in [0.2, 0.25) is 5.02 Å². The fourth-order valence-corrected chi connectivity index (χ4v) is 5.79. The number of amides is 1. The van der Waals surface area contributed by atoms with E-state index in [4.69, 9.17) is 11.6 Å². The summed E-state index contributed by atoms with van der Waals surface area (Å²) in [5, 5.41) is 10.6. The van der Waals surface area contributed by atoms with E-state index in [1.54, 1.807) is 0 Å². The quantitative estimate of drug-likeness (QED) is 0.755. The maximum atomic E-state index is 12.9. The Balaban J connectivity index is 1.31. The van der Waals surface area contributed by atoms with Crippen LogP contribution in [-0.2, 0) is 4.79 Å². The Hall–Kier alpha value is -1.38. The number of piperidine rings is 1. The topological polar surface area (TPSA) is 47.3 Å². The van der Waals surface area contributed by atoms with E-state index < -0.39 is 0 Å². The molecule has 1 amide bonds. The Morgan fingerprint density at radius 1 is 1.16 bits per heavy atom. The van der Waals surface area contributed by atoms with Gasteiger partial charge in [0.05, 0.1) is 12.0 Å². The number of nitrogens with zero attached hydrogens (tertiary/aromatic N) is 3. The average molecular weight is 376 g/mol. The van der Waals surface area contributed by atoms with E-state index in [1.807, 2.05) is 33.7 Å². The molecule has 1 aromatic rings. The minimum Gasteiger partial charge on any atom is -0.342 e. The molecule has 6 heteroatoms. The van der Waals surface area contributed by atoms with Gasteiger partial charge in [-0.05, 0) is 56.4 Å². The Morgan fingerprint density at radius 2 is 1.88 bits per heavy atom. The zero-order valence-electron chi connectivity index (χ0n) is 14.1. The van der Waals surface area contributed by atoms with Gasteiger partial charge in [-0.2, -0.15) is 5.26 Å². The lowest BCUT2D eigenvalue weighted by molar-refractivity contribution is -0.137. The highest BCUT2D eigenvalue weighted by atomic mass is 35.5. The highest BCUT2D eigenvalue weighted by Crippen LogP contribution is 2.42. The van der Waals surface area contributed by atoms with Gasteiger partial charge in [0.1, 0.15) is 0 Å². The first-order chi connectivity index (χ1) is 12.2. The second-order valence-electron chi connectivity index (χ2n) is 7.24. The highest BCUT2D eigenvalue weighted by Gasteiger charge is 2.50. The molecule has 4 rings (SSSR count). The zero-order valence-corrected chi connectivity index (χ0v) is 15.7. The number of hydrogen-bond donors (Lipinski definition) is 0. The monoisotopic (exact) mass is 375 g/mol. The van der Waals surface area contributed by atoms with Gasteiger partial charge in [-0.25, -0.2) is 0 Å². The average Bonchev–Trinajstić information content (AvgIpc) is 3.21. The molecule has 132 valence electrons. The number of benzene rings is 1. The number of likely N-dealkylation sites (tertiary alicyclic amines) is 1. The third-order valence-corrected chi connectivity index (χ3v) is 7.44. The molecule has 3 aliphatic rings. The molecule has 0 radical (unpaired) electrons. The maximum absolute atomic E-state index is 12.9. The Bertz CT molecular complexity index is 681. The molecule has 0 N–H and O–H groups in total. The van der Waals surface area contributed by atoms with Crippen LogP contribution in [-0.4, -0.2) is 46.1 Å². The van der Waals surface area contributed by atoms with Crippen molar-refractivity contribution in [1.82, 2.24) is 9.80 Å². The molecule has 4 nitrogen and oxygen atoms in total. The smallest absolute Gasteiger partial charge is 0.227 e. The molecular formula is C19H22ClN3OS. The molecule has 3 unspecified atom stereocenters. The van der Waals surface area contributed by atoms with Crippen molar-refractivity contribution >= 4 is 29.3 Å². The van der Waals surface area contributed by atoms with Gasteiger partial charge in [-0.1, -0.05) is 11.6 Å². The third-order valence-electron chi connectivity index (χ3n) is 5.84. The summed E-state index contributed by atoms with van der Waals surface area (Å²) in [5.41, 5.74) is 0. The highest BCUT2D eigenvalue weighted by molar-refractivity contribution is 8.00. The van der Waals surface area contributed by atoms with Gasteiger partial charge in [0, 0.05) is 34.3 Å². The molecular weight excluding hydrogens is 354 g/mol. The van der Waals surface area contributed by atoms with Crippen LogP contribution in [0.4, 0.5) is 0 Å². The molecule has 1 aromatic carbocycles. The predicted molar refractivity (Wildman–Crippen MR) is 99.3 cm³/mol. The number of fused-ring (bicyclic) bond motifs is 2. The van der Waals surface area contributed by atoms with Gasteiger partial charge >= 0.3 is 0 Å². The number of halogens is 1. The summed E-state index contributed by atoms with van der Waals surface area (Å²) in [6.45, 7) is 1.68. The zero-order chi connectivity index (χ0) is 17.4. The molecule has 3 saturated heterocycles. The lowest BCUT2D eigenvalue weighted by atomic mass is 9.87. The molecule has 25 heavy (non-hydrogen) atoms. The number of rotatable bonds is 3. The van der Waals surface area contributed by atoms with E-state index in [9.17, 15) is 10.1 Å². The summed E-state index contributed by atoms with van der Waals surface area (Å²) in [7, 11) is 0.